The Kier molecular flexibility index (Phi) is 4.07. The van der Waals surface area contributed by atoms with Crippen molar-refractivity contribution in [1.29, 1.82) is 0 Å². The summed E-state index contributed by atoms with van der Waals surface area (Å²) in [6.45, 7) is 5.01. The number of halogens is 1. The van der Waals surface area contributed by atoms with Crippen LogP contribution in [0.1, 0.15) is 36.1 Å². The van der Waals surface area contributed by atoms with Gasteiger partial charge < -0.3 is 10.1 Å². The highest BCUT2D eigenvalue weighted by molar-refractivity contribution is 6.31. The van der Waals surface area contributed by atoms with E-state index in [-0.39, 0.29) is 6.04 Å². The lowest BCUT2D eigenvalue weighted by atomic mass is 10.0. The number of hydrogen-bond donors (Lipinski definition) is 1. The summed E-state index contributed by atoms with van der Waals surface area (Å²) in [6.07, 6.45) is 2.03. The van der Waals surface area contributed by atoms with Crippen LogP contribution in [0.15, 0.2) is 36.4 Å². The van der Waals surface area contributed by atoms with Crippen molar-refractivity contribution in [3.05, 3.63) is 58.1 Å². The maximum Gasteiger partial charge on any atom is 0.122 e. The molecule has 1 unspecified atom stereocenters. The molecule has 0 saturated heterocycles. The van der Waals surface area contributed by atoms with E-state index >= 15 is 0 Å². The number of hydrogen-bond acceptors (Lipinski definition) is 2. The molecule has 2 aromatic carbocycles. The summed E-state index contributed by atoms with van der Waals surface area (Å²) in [5, 5.41) is 4.38. The van der Waals surface area contributed by atoms with Gasteiger partial charge in [0.2, 0.25) is 0 Å². The molecule has 1 aliphatic heterocycles. The van der Waals surface area contributed by atoms with Crippen LogP contribution in [0.3, 0.4) is 0 Å². The summed E-state index contributed by atoms with van der Waals surface area (Å²) in [5.74, 6) is 1.03. The van der Waals surface area contributed by atoms with Gasteiger partial charge in [0.1, 0.15) is 5.75 Å². The van der Waals surface area contributed by atoms with E-state index in [1.54, 1.807) is 0 Å². The zero-order valence-electron chi connectivity index (χ0n) is 12.4. The van der Waals surface area contributed by atoms with Gasteiger partial charge in [0.25, 0.3) is 0 Å². The molecule has 1 aliphatic rings. The lowest BCUT2D eigenvalue weighted by Crippen LogP contribution is -2.10. The van der Waals surface area contributed by atoms with Crippen LogP contribution in [-0.4, -0.2) is 6.61 Å². The molecule has 1 atom stereocenters. The lowest BCUT2D eigenvalue weighted by Gasteiger charge is -2.20. The molecule has 0 fully saturated rings. The van der Waals surface area contributed by atoms with E-state index in [9.17, 15) is 0 Å². The first-order valence-corrected chi connectivity index (χ1v) is 7.83. The zero-order chi connectivity index (χ0) is 14.8. The Morgan fingerprint density at radius 1 is 1.24 bits per heavy atom. The summed E-state index contributed by atoms with van der Waals surface area (Å²) >= 11 is 6.21. The lowest BCUT2D eigenvalue weighted by molar-refractivity contribution is 0.357. The van der Waals surface area contributed by atoms with Gasteiger partial charge in [-0.3, -0.25) is 0 Å². The summed E-state index contributed by atoms with van der Waals surface area (Å²) in [7, 11) is 0. The van der Waals surface area contributed by atoms with E-state index in [0.717, 1.165) is 41.5 Å². The van der Waals surface area contributed by atoms with Gasteiger partial charge in [-0.05, 0) is 54.3 Å². The Hall–Kier alpha value is -1.67. The minimum Gasteiger partial charge on any atom is -0.493 e. The number of nitrogens with one attached hydrogen (secondary N) is 1. The molecule has 1 heterocycles. The second-order valence-corrected chi connectivity index (χ2v) is 5.94. The Bertz CT molecular complexity index is 654. The van der Waals surface area contributed by atoms with E-state index in [2.05, 4.69) is 36.5 Å². The van der Waals surface area contributed by atoms with Crippen molar-refractivity contribution in [2.75, 3.05) is 11.9 Å². The van der Waals surface area contributed by atoms with Crippen LogP contribution < -0.4 is 10.1 Å². The largest absolute Gasteiger partial charge is 0.493 e. The first-order valence-electron chi connectivity index (χ1n) is 7.45. The van der Waals surface area contributed by atoms with Crippen LogP contribution in [-0.2, 0) is 6.42 Å². The minimum atomic E-state index is 0.287. The van der Waals surface area contributed by atoms with Crippen LogP contribution in [0.4, 0.5) is 5.69 Å². The van der Waals surface area contributed by atoms with Crippen LogP contribution in [0, 0.1) is 6.92 Å². The average Bonchev–Trinajstić information content (AvgIpc) is 2.95. The van der Waals surface area contributed by atoms with Gasteiger partial charge >= 0.3 is 0 Å². The van der Waals surface area contributed by atoms with Crippen molar-refractivity contribution in [1.82, 2.24) is 0 Å². The summed E-state index contributed by atoms with van der Waals surface area (Å²) in [5.41, 5.74) is 4.78. The number of ether oxygens (including phenoxy) is 1. The molecule has 2 aromatic rings. The van der Waals surface area contributed by atoms with Crippen LogP contribution in [0.5, 0.6) is 5.75 Å². The van der Waals surface area contributed by atoms with E-state index in [0.29, 0.717) is 0 Å². The molecule has 0 aliphatic carbocycles. The predicted octanol–water partition coefficient (Wildman–Crippen LogP) is 5.15. The molecule has 2 nitrogen and oxygen atoms in total. The molecule has 0 bridgehead atoms. The van der Waals surface area contributed by atoms with Gasteiger partial charge in [-0.1, -0.05) is 30.7 Å². The minimum absolute atomic E-state index is 0.287. The van der Waals surface area contributed by atoms with Gasteiger partial charge in [-0.15, -0.1) is 0 Å². The third-order valence-electron chi connectivity index (χ3n) is 4.04. The Morgan fingerprint density at radius 3 is 2.86 bits per heavy atom. The van der Waals surface area contributed by atoms with Crippen LogP contribution in [0.25, 0.3) is 0 Å². The molecule has 0 amide bonds. The number of rotatable bonds is 4. The number of fused-ring (bicyclic) bond motifs is 1. The third-order valence-corrected chi connectivity index (χ3v) is 4.44. The normalized spacial score (nSPS) is 14.4. The van der Waals surface area contributed by atoms with Crippen molar-refractivity contribution < 1.29 is 4.74 Å². The third kappa shape index (κ3) is 3.01. The molecule has 21 heavy (non-hydrogen) atoms. The zero-order valence-corrected chi connectivity index (χ0v) is 13.2. The number of benzene rings is 2. The smallest absolute Gasteiger partial charge is 0.122 e. The summed E-state index contributed by atoms with van der Waals surface area (Å²) < 4.78 is 5.58. The fourth-order valence-corrected chi connectivity index (χ4v) is 2.91. The second kappa shape index (κ2) is 5.98. The first-order chi connectivity index (χ1) is 10.2. The van der Waals surface area contributed by atoms with Crippen molar-refractivity contribution in [3.8, 4) is 5.75 Å². The quantitative estimate of drug-likeness (QED) is 0.843. The van der Waals surface area contributed by atoms with E-state index in [1.165, 1.54) is 11.1 Å². The number of anilines is 1. The van der Waals surface area contributed by atoms with Gasteiger partial charge in [0, 0.05) is 17.1 Å². The maximum absolute atomic E-state index is 6.21. The van der Waals surface area contributed by atoms with E-state index < -0.39 is 0 Å². The standard InChI is InChI=1S/C18H20ClNO/c1-3-17(20-15-6-4-12(2)16(19)11-15)13-5-7-18-14(10-13)8-9-21-18/h4-7,10-11,17,20H,3,8-9H2,1-2H3. The molecule has 0 radical (unpaired) electrons. The van der Waals surface area contributed by atoms with Crippen molar-refractivity contribution in [2.24, 2.45) is 0 Å². The van der Waals surface area contributed by atoms with Gasteiger partial charge in [-0.25, -0.2) is 0 Å². The van der Waals surface area contributed by atoms with E-state index in [4.69, 9.17) is 16.3 Å². The number of aryl methyl sites for hydroxylation is 1. The molecule has 3 heteroatoms. The van der Waals surface area contributed by atoms with Crippen LogP contribution >= 0.6 is 11.6 Å². The fraction of sp³-hybridized carbons (Fsp3) is 0.333. The van der Waals surface area contributed by atoms with E-state index in [1.807, 2.05) is 19.1 Å². The van der Waals surface area contributed by atoms with Crippen LogP contribution in [0.2, 0.25) is 5.02 Å². The van der Waals surface area contributed by atoms with Gasteiger partial charge in [0.05, 0.1) is 12.6 Å². The monoisotopic (exact) mass is 301 g/mol. The predicted molar refractivity (Wildman–Crippen MR) is 88.5 cm³/mol. The van der Waals surface area contributed by atoms with Crippen molar-refractivity contribution in [3.63, 3.8) is 0 Å². The topological polar surface area (TPSA) is 21.3 Å². The molecule has 1 N–H and O–H groups in total. The summed E-state index contributed by atoms with van der Waals surface area (Å²) in [6, 6.07) is 12.9. The average molecular weight is 302 g/mol. The highest BCUT2D eigenvalue weighted by Gasteiger charge is 2.16. The van der Waals surface area contributed by atoms with Gasteiger partial charge in [0.15, 0.2) is 0 Å². The molecule has 110 valence electrons. The maximum atomic E-state index is 6.21. The molecular formula is C18H20ClNO. The molecule has 3 rings (SSSR count). The Balaban J connectivity index is 1.83. The molecular weight excluding hydrogens is 282 g/mol. The molecule has 0 saturated carbocycles. The molecule has 0 spiro atoms. The van der Waals surface area contributed by atoms with Crippen molar-refractivity contribution >= 4 is 17.3 Å². The molecule has 0 aromatic heterocycles. The second-order valence-electron chi connectivity index (χ2n) is 5.53. The highest BCUT2D eigenvalue weighted by Crippen LogP contribution is 2.31. The highest BCUT2D eigenvalue weighted by atomic mass is 35.5. The SMILES string of the molecule is CCC(Nc1ccc(C)c(Cl)c1)c1ccc2c(c1)CCO2. The fourth-order valence-electron chi connectivity index (χ4n) is 2.73. The summed E-state index contributed by atoms with van der Waals surface area (Å²) in [4.78, 5) is 0. The Morgan fingerprint density at radius 2 is 2.10 bits per heavy atom. The first kappa shape index (κ1) is 14.3. The van der Waals surface area contributed by atoms with Gasteiger partial charge in [-0.2, -0.15) is 0 Å². The Labute approximate surface area is 131 Å². The van der Waals surface area contributed by atoms with Crippen molar-refractivity contribution in [2.45, 2.75) is 32.7 Å².